The van der Waals surface area contributed by atoms with Gasteiger partial charge in [0.1, 0.15) is 5.58 Å². The lowest BCUT2D eigenvalue weighted by Crippen LogP contribution is -2.29. The monoisotopic (exact) mass is 324 g/mol. The van der Waals surface area contributed by atoms with Crippen LogP contribution in [-0.2, 0) is 0 Å². The number of halogens is 1. The molecule has 0 aliphatic heterocycles. The van der Waals surface area contributed by atoms with Gasteiger partial charge in [0.05, 0.1) is 0 Å². The molecule has 0 saturated carbocycles. The van der Waals surface area contributed by atoms with Crippen molar-refractivity contribution >= 4 is 32.8 Å². The van der Waals surface area contributed by atoms with Crippen LogP contribution in [0.15, 0.2) is 27.1 Å². The molecule has 0 spiro atoms. The van der Waals surface area contributed by atoms with Gasteiger partial charge in [0.25, 0.3) is 5.91 Å². The third-order valence-corrected chi connectivity index (χ3v) is 3.48. The van der Waals surface area contributed by atoms with Gasteiger partial charge < -0.3 is 15.5 Å². The summed E-state index contributed by atoms with van der Waals surface area (Å²) >= 11 is 3.41. The molecule has 0 aliphatic rings. The van der Waals surface area contributed by atoms with Crippen molar-refractivity contribution in [3.05, 3.63) is 34.0 Å². The first-order chi connectivity index (χ1) is 8.99. The summed E-state index contributed by atoms with van der Waals surface area (Å²) in [5.74, 6) is 0.184. The molecule has 3 N–H and O–H groups in total. The maximum Gasteiger partial charge on any atom is 0.287 e. The van der Waals surface area contributed by atoms with Crippen molar-refractivity contribution in [3.8, 4) is 0 Å². The maximum atomic E-state index is 12.0. The lowest BCUT2D eigenvalue weighted by atomic mass is 10.1. The average Bonchev–Trinajstić information content (AvgIpc) is 2.66. The van der Waals surface area contributed by atoms with Gasteiger partial charge in [0.2, 0.25) is 0 Å². The molecule has 1 amide bonds. The number of furan rings is 1. The molecule has 1 aromatic carbocycles. The van der Waals surface area contributed by atoms with E-state index in [-0.39, 0.29) is 11.9 Å². The number of nitrogens with two attached hydrogens (primary N) is 1. The lowest BCUT2D eigenvalue weighted by molar-refractivity contribution is 0.0926. The predicted molar refractivity (Wildman–Crippen MR) is 79.3 cm³/mol. The molecule has 0 saturated heterocycles. The Bertz CT molecular complexity index is 605. The zero-order chi connectivity index (χ0) is 14.0. The highest BCUT2D eigenvalue weighted by atomic mass is 79.9. The molecule has 2 aromatic rings. The van der Waals surface area contributed by atoms with Gasteiger partial charge in [-0.1, -0.05) is 15.9 Å². The van der Waals surface area contributed by atoms with Gasteiger partial charge in [-0.05, 0) is 38.5 Å². The molecular formula is C14H17BrN2O2. The van der Waals surface area contributed by atoms with E-state index in [1.54, 1.807) is 0 Å². The van der Waals surface area contributed by atoms with Crippen LogP contribution in [0.2, 0.25) is 0 Å². The second kappa shape index (κ2) is 5.75. The Morgan fingerprint density at radius 2 is 2.26 bits per heavy atom. The molecule has 102 valence electrons. The zero-order valence-corrected chi connectivity index (χ0v) is 12.6. The Hall–Kier alpha value is -1.33. The van der Waals surface area contributed by atoms with Crippen LogP contribution in [0.1, 0.15) is 29.5 Å². The number of rotatable bonds is 4. The van der Waals surface area contributed by atoms with Gasteiger partial charge in [-0.3, -0.25) is 4.79 Å². The number of amides is 1. The maximum absolute atomic E-state index is 12.0. The van der Waals surface area contributed by atoms with E-state index < -0.39 is 0 Å². The van der Waals surface area contributed by atoms with E-state index in [1.165, 1.54) is 0 Å². The predicted octanol–water partition coefficient (Wildman–Crippen LogP) is 2.97. The van der Waals surface area contributed by atoms with E-state index >= 15 is 0 Å². The number of carbonyl (C=O) groups is 1. The van der Waals surface area contributed by atoms with Crippen molar-refractivity contribution in [2.45, 2.75) is 26.3 Å². The van der Waals surface area contributed by atoms with Crippen molar-refractivity contribution in [1.29, 1.82) is 0 Å². The second-order valence-corrected chi connectivity index (χ2v) is 5.63. The SMILES string of the molecule is Cc1c(C(=O)NCCC(C)N)oc2ccc(Br)cc12. The number of benzene rings is 1. The van der Waals surface area contributed by atoms with Crippen molar-refractivity contribution in [2.24, 2.45) is 5.73 Å². The minimum Gasteiger partial charge on any atom is -0.451 e. The fraction of sp³-hybridized carbons (Fsp3) is 0.357. The average molecular weight is 325 g/mol. The highest BCUT2D eigenvalue weighted by Gasteiger charge is 2.17. The van der Waals surface area contributed by atoms with Crippen LogP contribution < -0.4 is 11.1 Å². The first-order valence-corrected chi connectivity index (χ1v) is 7.00. The highest BCUT2D eigenvalue weighted by Crippen LogP contribution is 2.27. The van der Waals surface area contributed by atoms with Gasteiger partial charge in [-0.25, -0.2) is 0 Å². The van der Waals surface area contributed by atoms with Crippen LogP contribution in [0.3, 0.4) is 0 Å². The number of aryl methyl sites for hydroxylation is 1. The molecule has 0 radical (unpaired) electrons. The molecule has 0 fully saturated rings. The van der Waals surface area contributed by atoms with Crippen LogP contribution in [-0.4, -0.2) is 18.5 Å². The van der Waals surface area contributed by atoms with Gasteiger partial charge in [-0.15, -0.1) is 0 Å². The van der Waals surface area contributed by atoms with Gasteiger partial charge in [0, 0.05) is 28.0 Å². The number of hydrogen-bond donors (Lipinski definition) is 2. The molecule has 0 bridgehead atoms. The van der Waals surface area contributed by atoms with E-state index in [4.69, 9.17) is 10.2 Å². The summed E-state index contributed by atoms with van der Waals surface area (Å²) in [6.45, 7) is 4.35. The normalized spacial score (nSPS) is 12.6. The first kappa shape index (κ1) is 14.1. The summed E-state index contributed by atoms with van der Waals surface area (Å²) in [6, 6.07) is 5.77. The summed E-state index contributed by atoms with van der Waals surface area (Å²) in [5, 5.41) is 3.77. The Morgan fingerprint density at radius 1 is 1.53 bits per heavy atom. The molecular weight excluding hydrogens is 308 g/mol. The van der Waals surface area contributed by atoms with Crippen molar-refractivity contribution < 1.29 is 9.21 Å². The van der Waals surface area contributed by atoms with Gasteiger partial charge in [-0.2, -0.15) is 0 Å². The van der Waals surface area contributed by atoms with Gasteiger partial charge >= 0.3 is 0 Å². The largest absolute Gasteiger partial charge is 0.451 e. The van der Waals surface area contributed by atoms with E-state index in [1.807, 2.05) is 32.0 Å². The molecule has 1 aromatic heterocycles. The quantitative estimate of drug-likeness (QED) is 0.908. The van der Waals surface area contributed by atoms with Crippen molar-refractivity contribution in [1.82, 2.24) is 5.32 Å². The number of carbonyl (C=O) groups excluding carboxylic acids is 1. The van der Waals surface area contributed by atoms with Crippen molar-refractivity contribution in [3.63, 3.8) is 0 Å². The van der Waals surface area contributed by atoms with Gasteiger partial charge in [0.15, 0.2) is 5.76 Å². The third-order valence-electron chi connectivity index (χ3n) is 2.99. The Kier molecular flexibility index (Phi) is 4.27. The van der Waals surface area contributed by atoms with E-state index in [9.17, 15) is 4.79 Å². The molecule has 0 aliphatic carbocycles. The summed E-state index contributed by atoms with van der Waals surface area (Å²) < 4.78 is 6.57. The Balaban J connectivity index is 2.20. The second-order valence-electron chi connectivity index (χ2n) is 4.72. The summed E-state index contributed by atoms with van der Waals surface area (Å²) in [4.78, 5) is 12.0. The summed E-state index contributed by atoms with van der Waals surface area (Å²) in [5.41, 5.74) is 7.22. The molecule has 2 rings (SSSR count). The van der Waals surface area contributed by atoms with Crippen LogP contribution in [0, 0.1) is 6.92 Å². The van der Waals surface area contributed by atoms with E-state index in [0.29, 0.717) is 12.3 Å². The molecule has 1 unspecified atom stereocenters. The third kappa shape index (κ3) is 3.16. The number of nitrogens with one attached hydrogen (secondary N) is 1. The topological polar surface area (TPSA) is 68.3 Å². The minimum absolute atomic E-state index is 0.0769. The Labute approximate surface area is 120 Å². The lowest BCUT2D eigenvalue weighted by Gasteiger charge is -2.06. The van der Waals surface area contributed by atoms with Crippen molar-refractivity contribution in [2.75, 3.05) is 6.54 Å². The van der Waals surface area contributed by atoms with Crippen LogP contribution in [0.4, 0.5) is 0 Å². The highest BCUT2D eigenvalue weighted by molar-refractivity contribution is 9.10. The van der Waals surface area contributed by atoms with Crippen LogP contribution >= 0.6 is 15.9 Å². The molecule has 1 atom stereocenters. The molecule has 4 nitrogen and oxygen atoms in total. The van der Waals surface area contributed by atoms with E-state index in [2.05, 4.69) is 21.2 Å². The molecule has 19 heavy (non-hydrogen) atoms. The number of hydrogen-bond acceptors (Lipinski definition) is 3. The standard InChI is InChI=1S/C14H17BrN2O2/c1-8(16)5-6-17-14(18)13-9(2)11-7-10(15)3-4-12(11)19-13/h3-4,7-8H,5-6,16H2,1-2H3,(H,17,18). The fourth-order valence-electron chi connectivity index (χ4n) is 1.90. The van der Waals surface area contributed by atoms with Crippen LogP contribution in [0.5, 0.6) is 0 Å². The first-order valence-electron chi connectivity index (χ1n) is 6.21. The zero-order valence-electron chi connectivity index (χ0n) is 11.0. The molecule has 1 heterocycles. The summed E-state index contributed by atoms with van der Waals surface area (Å²) in [7, 11) is 0. The summed E-state index contributed by atoms with van der Waals surface area (Å²) in [6.07, 6.45) is 0.747. The minimum atomic E-state index is -0.189. The van der Waals surface area contributed by atoms with Crippen LogP contribution in [0.25, 0.3) is 11.0 Å². The fourth-order valence-corrected chi connectivity index (χ4v) is 2.26. The molecule has 5 heteroatoms. The Morgan fingerprint density at radius 3 is 2.95 bits per heavy atom. The smallest absolute Gasteiger partial charge is 0.287 e. The van der Waals surface area contributed by atoms with E-state index in [0.717, 1.165) is 27.4 Å². The number of fused-ring (bicyclic) bond motifs is 1.